The van der Waals surface area contributed by atoms with E-state index in [0.717, 1.165) is 31.4 Å². The second-order valence-corrected chi connectivity index (χ2v) is 6.38. The van der Waals surface area contributed by atoms with Gasteiger partial charge in [0.2, 0.25) is 5.91 Å². The van der Waals surface area contributed by atoms with Gasteiger partial charge in [-0.25, -0.2) is 4.39 Å². The van der Waals surface area contributed by atoms with Crippen molar-refractivity contribution >= 4 is 5.91 Å². The smallest absolute Gasteiger partial charge is 0.236 e. The molecule has 2 heterocycles. The fraction of sp³-hybridized carbons (Fsp3) is 0.611. The maximum Gasteiger partial charge on any atom is 0.236 e. The van der Waals surface area contributed by atoms with Gasteiger partial charge in [-0.1, -0.05) is 25.0 Å². The lowest BCUT2D eigenvalue weighted by Crippen LogP contribution is -2.46. The van der Waals surface area contributed by atoms with Gasteiger partial charge >= 0.3 is 0 Å². The fourth-order valence-electron chi connectivity index (χ4n) is 3.53. The van der Waals surface area contributed by atoms with E-state index in [0.29, 0.717) is 32.8 Å². The van der Waals surface area contributed by atoms with Crippen molar-refractivity contribution in [1.82, 2.24) is 9.80 Å². The zero-order chi connectivity index (χ0) is 16.1. The standard InChI is InChI=1S/C18H25FN2O2/c19-16-6-4-5-15(13-16)17-7-2-1-3-8-21(17)14-18(22)20-9-11-23-12-10-20/h4-6,13,17H,1-3,7-12,14H2. The van der Waals surface area contributed by atoms with E-state index in [1.165, 1.54) is 12.5 Å². The molecule has 1 unspecified atom stereocenters. The molecule has 5 heteroatoms. The molecule has 0 spiro atoms. The number of hydrogen-bond donors (Lipinski definition) is 0. The molecule has 0 aromatic heterocycles. The van der Waals surface area contributed by atoms with Gasteiger partial charge in [0.25, 0.3) is 0 Å². The number of carbonyl (C=O) groups excluding carboxylic acids is 1. The largest absolute Gasteiger partial charge is 0.378 e. The molecule has 1 aromatic carbocycles. The van der Waals surface area contributed by atoms with E-state index in [-0.39, 0.29) is 17.8 Å². The summed E-state index contributed by atoms with van der Waals surface area (Å²) in [5, 5.41) is 0. The van der Waals surface area contributed by atoms with Crippen molar-refractivity contribution in [1.29, 1.82) is 0 Å². The number of ether oxygens (including phenoxy) is 1. The molecule has 23 heavy (non-hydrogen) atoms. The van der Waals surface area contributed by atoms with Crippen LogP contribution in [0.25, 0.3) is 0 Å². The van der Waals surface area contributed by atoms with Crippen LogP contribution in [0, 0.1) is 5.82 Å². The van der Waals surface area contributed by atoms with Gasteiger partial charge < -0.3 is 9.64 Å². The third kappa shape index (κ3) is 4.30. The van der Waals surface area contributed by atoms with Gasteiger partial charge in [-0.3, -0.25) is 9.69 Å². The highest BCUT2D eigenvalue weighted by Crippen LogP contribution is 2.30. The highest BCUT2D eigenvalue weighted by Gasteiger charge is 2.27. The Morgan fingerprint density at radius 2 is 2.00 bits per heavy atom. The van der Waals surface area contributed by atoms with E-state index in [2.05, 4.69) is 4.90 Å². The van der Waals surface area contributed by atoms with Crippen LogP contribution in [0.4, 0.5) is 4.39 Å². The zero-order valence-electron chi connectivity index (χ0n) is 13.5. The average Bonchev–Trinajstić information content (AvgIpc) is 2.81. The first kappa shape index (κ1) is 16.4. The highest BCUT2D eigenvalue weighted by molar-refractivity contribution is 5.78. The summed E-state index contributed by atoms with van der Waals surface area (Å²) in [6.07, 6.45) is 4.39. The van der Waals surface area contributed by atoms with Crippen LogP contribution in [0.2, 0.25) is 0 Å². The van der Waals surface area contributed by atoms with Gasteiger partial charge in [-0.05, 0) is 37.1 Å². The monoisotopic (exact) mass is 320 g/mol. The third-order valence-corrected chi connectivity index (χ3v) is 4.80. The maximum absolute atomic E-state index is 13.6. The van der Waals surface area contributed by atoms with Crippen molar-refractivity contribution in [2.45, 2.75) is 31.7 Å². The number of benzene rings is 1. The van der Waals surface area contributed by atoms with Crippen molar-refractivity contribution in [2.24, 2.45) is 0 Å². The van der Waals surface area contributed by atoms with Crippen LogP contribution >= 0.6 is 0 Å². The summed E-state index contributed by atoms with van der Waals surface area (Å²) in [6, 6.07) is 6.97. The van der Waals surface area contributed by atoms with Gasteiger partial charge in [0.05, 0.1) is 19.8 Å². The van der Waals surface area contributed by atoms with Crippen LogP contribution < -0.4 is 0 Å². The molecule has 0 radical (unpaired) electrons. The summed E-state index contributed by atoms with van der Waals surface area (Å²) >= 11 is 0. The summed E-state index contributed by atoms with van der Waals surface area (Å²) in [5.74, 6) is -0.0391. The first-order chi connectivity index (χ1) is 11.2. The molecule has 2 aliphatic rings. The molecule has 126 valence electrons. The van der Waals surface area contributed by atoms with Crippen molar-refractivity contribution in [3.8, 4) is 0 Å². The second-order valence-electron chi connectivity index (χ2n) is 6.38. The van der Waals surface area contributed by atoms with Crippen LogP contribution in [0.3, 0.4) is 0 Å². The molecule has 4 nitrogen and oxygen atoms in total. The number of halogens is 1. The van der Waals surface area contributed by atoms with Gasteiger partial charge in [0.15, 0.2) is 0 Å². The van der Waals surface area contributed by atoms with Gasteiger partial charge in [-0.2, -0.15) is 0 Å². The number of hydrogen-bond acceptors (Lipinski definition) is 3. The Hall–Kier alpha value is -1.46. The normalized spacial score (nSPS) is 23.5. The van der Waals surface area contributed by atoms with Crippen molar-refractivity contribution < 1.29 is 13.9 Å². The average molecular weight is 320 g/mol. The summed E-state index contributed by atoms with van der Waals surface area (Å²) in [7, 11) is 0. The number of carbonyl (C=O) groups is 1. The van der Waals surface area contributed by atoms with Crippen LogP contribution in [0.1, 0.15) is 37.3 Å². The molecule has 2 saturated heterocycles. The number of likely N-dealkylation sites (tertiary alicyclic amines) is 1. The Morgan fingerprint density at radius 1 is 1.17 bits per heavy atom. The number of nitrogens with zero attached hydrogens (tertiary/aromatic N) is 2. The first-order valence-corrected chi connectivity index (χ1v) is 8.59. The fourth-order valence-corrected chi connectivity index (χ4v) is 3.53. The van der Waals surface area contributed by atoms with E-state index in [4.69, 9.17) is 4.74 Å². The van der Waals surface area contributed by atoms with Gasteiger partial charge in [-0.15, -0.1) is 0 Å². The Morgan fingerprint density at radius 3 is 2.78 bits per heavy atom. The lowest BCUT2D eigenvalue weighted by Gasteiger charge is -2.33. The third-order valence-electron chi connectivity index (χ3n) is 4.80. The topological polar surface area (TPSA) is 32.8 Å². The van der Waals surface area contributed by atoms with E-state index in [1.807, 2.05) is 11.0 Å². The molecular weight excluding hydrogens is 295 g/mol. The van der Waals surface area contributed by atoms with E-state index >= 15 is 0 Å². The lowest BCUT2D eigenvalue weighted by atomic mass is 10.0. The van der Waals surface area contributed by atoms with Gasteiger partial charge in [0, 0.05) is 19.1 Å². The molecule has 0 aliphatic carbocycles. The molecule has 3 rings (SSSR count). The van der Waals surface area contributed by atoms with Gasteiger partial charge in [0.1, 0.15) is 5.82 Å². The minimum absolute atomic E-state index is 0.137. The Bertz CT molecular complexity index is 532. The van der Waals surface area contributed by atoms with Crippen LogP contribution in [0.5, 0.6) is 0 Å². The molecular formula is C18H25FN2O2. The molecule has 0 saturated carbocycles. The predicted molar refractivity (Wildman–Crippen MR) is 86.6 cm³/mol. The second kappa shape index (κ2) is 7.88. The van der Waals surface area contributed by atoms with E-state index < -0.39 is 0 Å². The number of morpholine rings is 1. The summed E-state index contributed by atoms with van der Waals surface area (Å²) in [5.41, 5.74) is 0.988. The van der Waals surface area contributed by atoms with Crippen molar-refractivity contribution in [3.63, 3.8) is 0 Å². The van der Waals surface area contributed by atoms with E-state index in [1.54, 1.807) is 12.1 Å². The number of rotatable bonds is 3. The number of amides is 1. The zero-order valence-corrected chi connectivity index (χ0v) is 13.5. The van der Waals surface area contributed by atoms with Crippen LogP contribution in [0.15, 0.2) is 24.3 Å². The highest BCUT2D eigenvalue weighted by atomic mass is 19.1. The molecule has 0 bridgehead atoms. The first-order valence-electron chi connectivity index (χ1n) is 8.59. The molecule has 2 fully saturated rings. The minimum atomic E-state index is -0.203. The molecule has 2 aliphatic heterocycles. The SMILES string of the molecule is O=C(CN1CCCCCC1c1cccc(F)c1)N1CCOCC1. The summed E-state index contributed by atoms with van der Waals surface area (Å²) < 4.78 is 18.9. The molecule has 0 N–H and O–H groups in total. The maximum atomic E-state index is 13.6. The predicted octanol–water partition coefficient (Wildman–Crippen LogP) is 2.60. The van der Waals surface area contributed by atoms with Crippen molar-refractivity contribution in [3.05, 3.63) is 35.6 Å². The Kier molecular flexibility index (Phi) is 5.62. The molecule has 1 amide bonds. The van der Waals surface area contributed by atoms with Crippen LogP contribution in [-0.4, -0.2) is 55.1 Å². The Labute approximate surface area is 137 Å². The Balaban J connectivity index is 1.72. The minimum Gasteiger partial charge on any atom is -0.378 e. The summed E-state index contributed by atoms with van der Waals surface area (Å²) in [6.45, 7) is 3.92. The van der Waals surface area contributed by atoms with E-state index in [9.17, 15) is 9.18 Å². The van der Waals surface area contributed by atoms with Crippen molar-refractivity contribution in [2.75, 3.05) is 39.4 Å². The lowest BCUT2D eigenvalue weighted by molar-refractivity contribution is -0.137. The quantitative estimate of drug-likeness (QED) is 0.858. The molecule has 1 aromatic rings. The van der Waals surface area contributed by atoms with Crippen LogP contribution in [-0.2, 0) is 9.53 Å². The summed E-state index contributed by atoms with van der Waals surface area (Å²) in [4.78, 5) is 16.7. The molecule has 1 atom stereocenters.